The van der Waals surface area contributed by atoms with E-state index in [1.165, 1.54) is 6.07 Å². The molecule has 3 heterocycles. The summed E-state index contributed by atoms with van der Waals surface area (Å²) < 4.78 is 18.4. The zero-order valence-electron chi connectivity index (χ0n) is 21.4. The minimum absolute atomic E-state index is 0.0727. The Morgan fingerprint density at radius 3 is 2.51 bits per heavy atom. The summed E-state index contributed by atoms with van der Waals surface area (Å²) >= 11 is 0. The zero-order valence-corrected chi connectivity index (χ0v) is 21.4. The SMILES string of the molecule is O=C1CCC[C@@H]2C[C@H](C[C@](O)(/C=C/c3ccccc3)O2)c2c(cc(O)c3c2O[C@H](c2ccccc2)CC3=O)O1. The third-order valence-electron chi connectivity index (χ3n) is 7.67. The molecule has 3 aliphatic heterocycles. The molecule has 2 bridgehead atoms. The number of aliphatic hydroxyl groups is 1. The van der Waals surface area contributed by atoms with E-state index in [0.29, 0.717) is 24.8 Å². The average molecular weight is 527 g/mol. The van der Waals surface area contributed by atoms with Crippen LogP contribution in [0.2, 0.25) is 0 Å². The van der Waals surface area contributed by atoms with Crippen LogP contribution in [0.5, 0.6) is 17.2 Å². The van der Waals surface area contributed by atoms with E-state index in [2.05, 4.69) is 0 Å². The van der Waals surface area contributed by atoms with Crippen molar-refractivity contribution >= 4 is 17.8 Å². The first kappa shape index (κ1) is 25.3. The van der Waals surface area contributed by atoms with Crippen LogP contribution < -0.4 is 9.47 Å². The van der Waals surface area contributed by atoms with Gasteiger partial charge in [-0.2, -0.15) is 0 Å². The lowest BCUT2D eigenvalue weighted by Crippen LogP contribution is -2.42. The number of aromatic hydroxyl groups is 1. The van der Waals surface area contributed by atoms with Crippen molar-refractivity contribution in [2.24, 2.45) is 0 Å². The molecule has 0 aliphatic carbocycles. The fraction of sp³-hybridized carbons (Fsp3) is 0.312. The zero-order chi connectivity index (χ0) is 27.0. The largest absolute Gasteiger partial charge is 0.507 e. The average Bonchev–Trinajstić information content (AvgIpc) is 2.92. The van der Waals surface area contributed by atoms with Crippen molar-refractivity contribution in [2.75, 3.05) is 0 Å². The second kappa shape index (κ2) is 10.3. The fourth-order valence-electron chi connectivity index (χ4n) is 5.89. The Morgan fingerprint density at radius 2 is 1.74 bits per heavy atom. The van der Waals surface area contributed by atoms with Crippen LogP contribution >= 0.6 is 0 Å². The van der Waals surface area contributed by atoms with Crippen LogP contribution in [0.4, 0.5) is 0 Å². The molecule has 1 fully saturated rings. The van der Waals surface area contributed by atoms with E-state index in [1.54, 1.807) is 6.08 Å². The van der Waals surface area contributed by atoms with E-state index in [0.717, 1.165) is 11.1 Å². The summed E-state index contributed by atoms with van der Waals surface area (Å²) in [4.78, 5) is 26.0. The Balaban J connectivity index is 1.45. The summed E-state index contributed by atoms with van der Waals surface area (Å²) in [5.41, 5.74) is 2.34. The number of carbonyl (C=O) groups is 2. The highest BCUT2D eigenvalue weighted by atomic mass is 16.6. The van der Waals surface area contributed by atoms with Crippen molar-refractivity contribution < 1.29 is 34.0 Å². The number of Topliss-reactive ketones (excluding diaryl/α,β-unsaturated/α-hetero) is 1. The lowest BCUT2D eigenvalue weighted by molar-refractivity contribution is -0.227. The predicted octanol–water partition coefficient (Wildman–Crippen LogP) is 5.85. The molecular weight excluding hydrogens is 496 g/mol. The first-order chi connectivity index (χ1) is 18.9. The molecule has 200 valence electrons. The summed E-state index contributed by atoms with van der Waals surface area (Å²) in [6.45, 7) is 0. The summed E-state index contributed by atoms with van der Waals surface area (Å²) in [5, 5.41) is 22.5. The van der Waals surface area contributed by atoms with E-state index >= 15 is 0 Å². The molecule has 0 saturated carbocycles. The minimum atomic E-state index is -1.59. The Bertz CT molecular complexity index is 1420. The summed E-state index contributed by atoms with van der Waals surface area (Å²) in [6.07, 6.45) is 4.61. The number of phenols is 1. The second-order valence-electron chi connectivity index (χ2n) is 10.5. The monoisotopic (exact) mass is 526 g/mol. The van der Waals surface area contributed by atoms with Gasteiger partial charge in [-0.15, -0.1) is 0 Å². The van der Waals surface area contributed by atoms with Crippen LogP contribution in [-0.2, 0) is 9.53 Å². The van der Waals surface area contributed by atoms with Crippen LogP contribution in [0.25, 0.3) is 6.08 Å². The molecule has 39 heavy (non-hydrogen) atoms. The topological polar surface area (TPSA) is 102 Å². The van der Waals surface area contributed by atoms with Gasteiger partial charge < -0.3 is 24.4 Å². The van der Waals surface area contributed by atoms with Gasteiger partial charge in [0.1, 0.15) is 28.9 Å². The maximum Gasteiger partial charge on any atom is 0.311 e. The minimum Gasteiger partial charge on any atom is -0.507 e. The van der Waals surface area contributed by atoms with E-state index in [9.17, 15) is 19.8 Å². The van der Waals surface area contributed by atoms with Crippen molar-refractivity contribution in [1.82, 2.24) is 0 Å². The molecule has 0 aromatic heterocycles. The molecule has 0 radical (unpaired) electrons. The number of phenolic OH excluding ortho intramolecular Hbond substituents is 1. The van der Waals surface area contributed by atoms with Gasteiger partial charge in [0, 0.05) is 24.5 Å². The molecule has 3 aliphatic rings. The smallest absolute Gasteiger partial charge is 0.311 e. The van der Waals surface area contributed by atoms with Crippen LogP contribution in [-0.4, -0.2) is 33.9 Å². The Morgan fingerprint density at radius 1 is 1.00 bits per heavy atom. The Labute approximate surface area is 226 Å². The first-order valence-electron chi connectivity index (χ1n) is 13.4. The van der Waals surface area contributed by atoms with Gasteiger partial charge in [0.2, 0.25) is 0 Å². The quantitative estimate of drug-likeness (QED) is 0.326. The maximum absolute atomic E-state index is 13.3. The van der Waals surface area contributed by atoms with Crippen molar-refractivity contribution in [3.8, 4) is 17.2 Å². The van der Waals surface area contributed by atoms with Crippen molar-refractivity contribution in [3.05, 3.63) is 95.1 Å². The molecule has 6 rings (SSSR count). The van der Waals surface area contributed by atoms with E-state index in [1.807, 2.05) is 66.7 Å². The molecule has 0 amide bonds. The molecule has 0 unspecified atom stereocenters. The van der Waals surface area contributed by atoms with Gasteiger partial charge in [-0.25, -0.2) is 0 Å². The molecule has 3 aromatic carbocycles. The normalized spacial score (nSPS) is 26.7. The third-order valence-corrected chi connectivity index (χ3v) is 7.67. The predicted molar refractivity (Wildman–Crippen MR) is 144 cm³/mol. The number of hydrogen-bond donors (Lipinski definition) is 2. The van der Waals surface area contributed by atoms with Gasteiger partial charge in [-0.3, -0.25) is 9.59 Å². The molecule has 2 N–H and O–H groups in total. The Hall–Kier alpha value is -3.94. The third kappa shape index (κ3) is 5.20. The Kier molecular flexibility index (Phi) is 6.71. The summed E-state index contributed by atoms with van der Waals surface area (Å²) in [7, 11) is 0. The summed E-state index contributed by atoms with van der Waals surface area (Å²) in [5.74, 6) is -2.57. The highest BCUT2D eigenvalue weighted by Gasteiger charge is 2.44. The van der Waals surface area contributed by atoms with Gasteiger partial charge in [0.25, 0.3) is 0 Å². The van der Waals surface area contributed by atoms with E-state index < -0.39 is 17.9 Å². The first-order valence-corrected chi connectivity index (χ1v) is 13.4. The number of esters is 1. The number of ether oxygens (including phenoxy) is 3. The molecule has 3 aromatic rings. The number of rotatable bonds is 3. The molecule has 7 heteroatoms. The fourth-order valence-corrected chi connectivity index (χ4v) is 5.89. The van der Waals surface area contributed by atoms with E-state index in [-0.39, 0.29) is 59.9 Å². The van der Waals surface area contributed by atoms with E-state index in [4.69, 9.17) is 14.2 Å². The maximum atomic E-state index is 13.3. The lowest BCUT2D eigenvalue weighted by Gasteiger charge is -2.42. The van der Waals surface area contributed by atoms with Crippen molar-refractivity contribution in [1.29, 1.82) is 0 Å². The molecule has 4 atom stereocenters. The standard InChI is InChI=1S/C32H30O7/c33-24-17-26(21-10-5-2-6-11-21)38-31-29-22-16-23(12-7-13-28(35)37-27(29)18-25(34)30(24)31)39-32(36,19-22)15-14-20-8-3-1-4-9-20/h1-6,8-11,14-15,18,22-23,26,34,36H,7,12-13,16-17,19H2/b15-14+/t22-,23-,26+,32+/m1/s1. The van der Waals surface area contributed by atoms with Gasteiger partial charge in [-0.05, 0) is 42.4 Å². The number of hydrogen-bond acceptors (Lipinski definition) is 7. The highest BCUT2D eigenvalue weighted by molar-refractivity contribution is 6.03. The highest BCUT2D eigenvalue weighted by Crippen LogP contribution is 2.53. The van der Waals surface area contributed by atoms with Crippen LogP contribution in [0.1, 0.15) is 77.6 Å². The van der Waals surface area contributed by atoms with Crippen LogP contribution in [0.15, 0.2) is 72.8 Å². The van der Waals surface area contributed by atoms with Crippen molar-refractivity contribution in [3.63, 3.8) is 0 Å². The van der Waals surface area contributed by atoms with Gasteiger partial charge in [0.05, 0.1) is 12.5 Å². The lowest BCUT2D eigenvalue weighted by atomic mass is 9.79. The number of benzene rings is 3. The van der Waals surface area contributed by atoms with Crippen molar-refractivity contribution in [2.45, 2.75) is 62.4 Å². The number of ketones is 1. The van der Waals surface area contributed by atoms with Gasteiger partial charge in [0.15, 0.2) is 11.6 Å². The van der Waals surface area contributed by atoms with Gasteiger partial charge in [-0.1, -0.05) is 66.7 Å². The molecular formula is C32H30O7. The van der Waals surface area contributed by atoms with Gasteiger partial charge >= 0.3 is 5.97 Å². The molecule has 0 spiro atoms. The molecule has 7 nitrogen and oxygen atoms in total. The summed E-state index contributed by atoms with van der Waals surface area (Å²) in [6, 6.07) is 20.4. The second-order valence-corrected chi connectivity index (χ2v) is 10.5. The molecule has 1 saturated heterocycles. The number of carbonyl (C=O) groups excluding carboxylic acids is 2. The van der Waals surface area contributed by atoms with Crippen LogP contribution in [0.3, 0.4) is 0 Å². The number of fused-ring (bicyclic) bond motifs is 6. The van der Waals surface area contributed by atoms with Crippen LogP contribution in [0, 0.1) is 0 Å².